The van der Waals surface area contributed by atoms with Crippen LogP contribution < -0.4 is 4.74 Å². The summed E-state index contributed by atoms with van der Waals surface area (Å²) in [5.41, 5.74) is 0.836. The second kappa shape index (κ2) is 5.50. The third-order valence-corrected chi connectivity index (χ3v) is 2.49. The van der Waals surface area contributed by atoms with Crippen molar-refractivity contribution in [2.75, 3.05) is 13.2 Å². The molecule has 1 unspecified atom stereocenters. The van der Waals surface area contributed by atoms with E-state index in [2.05, 4.69) is 0 Å². The fraction of sp³-hybridized carbons (Fsp3) is 0.308. The zero-order valence-electron chi connectivity index (χ0n) is 9.33. The average Bonchev–Trinajstić information content (AvgIpc) is 2.81. The van der Waals surface area contributed by atoms with E-state index in [9.17, 15) is 4.79 Å². The molecule has 2 rings (SSSR count). The number of carboxylic acids is 1. The monoisotopic (exact) mass is 234 g/mol. The highest BCUT2D eigenvalue weighted by Gasteiger charge is 2.16. The summed E-state index contributed by atoms with van der Waals surface area (Å²) in [6.45, 7) is 1.39. The fourth-order valence-corrected chi connectivity index (χ4v) is 1.62. The predicted molar refractivity (Wildman–Crippen MR) is 63.0 cm³/mol. The molecule has 0 saturated carbocycles. The van der Waals surface area contributed by atoms with Gasteiger partial charge < -0.3 is 14.6 Å². The van der Waals surface area contributed by atoms with Crippen molar-refractivity contribution in [2.24, 2.45) is 0 Å². The van der Waals surface area contributed by atoms with Crippen LogP contribution in [0.4, 0.5) is 0 Å². The van der Waals surface area contributed by atoms with E-state index in [4.69, 9.17) is 14.6 Å². The Kier molecular flexibility index (Phi) is 3.77. The summed E-state index contributed by atoms with van der Waals surface area (Å²) in [6.07, 6.45) is 3.71. The summed E-state index contributed by atoms with van der Waals surface area (Å²) in [4.78, 5) is 10.3. The molecular formula is C13H14O4. The van der Waals surface area contributed by atoms with Crippen LogP contribution in [0.5, 0.6) is 5.75 Å². The lowest BCUT2D eigenvalue weighted by Gasteiger charge is -2.11. The second-order valence-corrected chi connectivity index (χ2v) is 3.84. The van der Waals surface area contributed by atoms with E-state index < -0.39 is 5.97 Å². The van der Waals surface area contributed by atoms with Crippen molar-refractivity contribution >= 4 is 12.0 Å². The molecule has 1 aliphatic rings. The number of ether oxygens (including phenoxy) is 2. The SMILES string of the molecule is O=C(O)C=Cc1ccc(OC2CCOC2)cc1. The largest absolute Gasteiger partial charge is 0.488 e. The van der Waals surface area contributed by atoms with Gasteiger partial charge in [0.15, 0.2) is 0 Å². The molecule has 0 aromatic heterocycles. The van der Waals surface area contributed by atoms with Crippen molar-refractivity contribution in [1.82, 2.24) is 0 Å². The number of hydrogen-bond acceptors (Lipinski definition) is 3. The van der Waals surface area contributed by atoms with Crippen molar-refractivity contribution in [3.63, 3.8) is 0 Å². The summed E-state index contributed by atoms with van der Waals surface area (Å²) in [7, 11) is 0. The lowest BCUT2D eigenvalue weighted by molar-refractivity contribution is -0.131. The zero-order valence-corrected chi connectivity index (χ0v) is 9.33. The van der Waals surface area contributed by atoms with E-state index >= 15 is 0 Å². The quantitative estimate of drug-likeness (QED) is 0.809. The molecule has 4 nitrogen and oxygen atoms in total. The first-order valence-corrected chi connectivity index (χ1v) is 5.49. The Labute approximate surface area is 99.5 Å². The average molecular weight is 234 g/mol. The van der Waals surface area contributed by atoms with E-state index in [1.165, 1.54) is 0 Å². The number of rotatable bonds is 4. The van der Waals surface area contributed by atoms with Crippen LogP contribution in [0.2, 0.25) is 0 Å². The molecule has 90 valence electrons. The van der Waals surface area contributed by atoms with Crippen LogP contribution in [0.3, 0.4) is 0 Å². The normalized spacial score (nSPS) is 19.6. The van der Waals surface area contributed by atoms with Gasteiger partial charge in [0.2, 0.25) is 0 Å². The zero-order chi connectivity index (χ0) is 12.1. The first-order valence-electron chi connectivity index (χ1n) is 5.49. The van der Waals surface area contributed by atoms with E-state index in [1.54, 1.807) is 6.08 Å². The molecule has 0 aliphatic carbocycles. The van der Waals surface area contributed by atoms with Gasteiger partial charge in [0.25, 0.3) is 0 Å². The van der Waals surface area contributed by atoms with Crippen molar-refractivity contribution in [2.45, 2.75) is 12.5 Å². The lowest BCUT2D eigenvalue weighted by Crippen LogP contribution is -2.15. The van der Waals surface area contributed by atoms with Crippen LogP contribution >= 0.6 is 0 Å². The van der Waals surface area contributed by atoms with E-state index in [0.717, 1.165) is 30.4 Å². The predicted octanol–water partition coefficient (Wildman–Crippen LogP) is 1.95. The Morgan fingerprint density at radius 2 is 2.18 bits per heavy atom. The number of hydrogen-bond donors (Lipinski definition) is 1. The molecule has 17 heavy (non-hydrogen) atoms. The molecule has 0 bridgehead atoms. The molecule has 0 radical (unpaired) electrons. The number of carbonyl (C=O) groups is 1. The van der Waals surface area contributed by atoms with Gasteiger partial charge in [0, 0.05) is 12.5 Å². The van der Waals surface area contributed by atoms with Crippen LogP contribution in [0.25, 0.3) is 6.08 Å². The van der Waals surface area contributed by atoms with Crippen LogP contribution in [0, 0.1) is 0 Å². The smallest absolute Gasteiger partial charge is 0.328 e. The summed E-state index contributed by atoms with van der Waals surface area (Å²) in [5.74, 6) is -0.165. The highest BCUT2D eigenvalue weighted by molar-refractivity contribution is 5.85. The number of benzene rings is 1. The third kappa shape index (κ3) is 3.60. The molecular weight excluding hydrogens is 220 g/mol. The van der Waals surface area contributed by atoms with E-state index in [0.29, 0.717) is 6.61 Å². The van der Waals surface area contributed by atoms with Crippen molar-refractivity contribution in [3.05, 3.63) is 35.9 Å². The van der Waals surface area contributed by atoms with Gasteiger partial charge in [-0.15, -0.1) is 0 Å². The maximum Gasteiger partial charge on any atom is 0.328 e. The summed E-state index contributed by atoms with van der Waals surface area (Å²) >= 11 is 0. The van der Waals surface area contributed by atoms with E-state index in [1.807, 2.05) is 24.3 Å². The van der Waals surface area contributed by atoms with Crippen LogP contribution in [0.1, 0.15) is 12.0 Å². The highest BCUT2D eigenvalue weighted by Crippen LogP contribution is 2.18. The molecule has 0 spiro atoms. The number of carboxylic acid groups (broad SMARTS) is 1. The molecule has 4 heteroatoms. The molecule has 1 atom stereocenters. The minimum absolute atomic E-state index is 0.135. The summed E-state index contributed by atoms with van der Waals surface area (Å²) < 4.78 is 10.9. The maximum absolute atomic E-state index is 10.3. The van der Waals surface area contributed by atoms with Gasteiger partial charge in [-0.1, -0.05) is 12.1 Å². The summed E-state index contributed by atoms with van der Waals surface area (Å²) in [6, 6.07) is 7.31. The van der Waals surface area contributed by atoms with Crippen molar-refractivity contribution in [3.8, 4) is 5.75 Å². The Morgan fingerprint density at radius 1 is 1.41 bits per heavy atom. The fourth-order valence-electron chi connectivity index (χ4n) is 1.62. The first-order chi connectivity index (χ1) is 8.24. The number of aliphatic carboxylic acids is 1. The van der Waals surface area contributed by atoms with Gasteiger partial charge in [-0.2, -0.15) is 0 Å². The molecule has 1 saturated heterocycles. The Morgan fingerprint density at radius 3 is 2.76 bits per heavy atom. The highest BCUT2D eigenvalue weighted by atomic mass is 16.5. The molecule has 1 aliphatic heterocycles. The summed E-state index contributed by atoms with van der Waals surface area (Å²) in [5, 5.41) is 8.49. The molecule has 1 fully saturated rings. The molecule has 1 aromatic carbocycles. The van der Waals surface area contributed by atoms with Crippen LogP contribution in [-0.2, 0) is 9.53 Å². The van der Waals surface area contributed by atoms with Crippen molar-refractivity contribution < 1.29 is 19.4 Å². The molecule has 1 N–H and O–H groups in total. The van der Waals surface area contributed by atoms with Crippen molar-refractivity contribution in [1.29, 1.82) is 0 Å². The Bertz CT molecular complexity index is 402. The lowest BCUT2D eigenvalue weighted by atomic mass is 10.2. The Hall–Kier alpha value is -1.81. The van der Waals surface area contributed by atoms with Gasteiger partial charge in [-0.3, -0.25) is 0 Å². The standard InChI is InChI=1S/C13H14O4/c14-13(15)6-3-10-1-4-11(5-2-10)17-12-7-8-16-9-12/h1-6,12H,7-9H2,(H,14,15). The van der Waals surface area contributed by atoms with Crippen LogP contribution in [0.15, 0.2) is 30.3 Å². The topological polar surface area (TPSA) is 55.8 Å². The van der Waals surface area contributed by atoms with Gasteiger partial charge in [-0.25, -0.2) is 4.79 Å². The minimum Gasteiger partial charge on any atom is -0.488 e. The van der Waals surface area contributed by atoms with Gasteiger partial charge in [0.1, 0.15) is 11.9 Å². The minimum atomic E-state index is -0.951. The molecule has 1 aromatic rings. The molecule has 1 heterocycles. The van der Waals surface area contributed by atoms with E-state index in [-0.39, 0.29) is 6.10 Å². The van der Waals surface area contributed by atoms with Crippen LogP contribution in [-0.4, -0.2) is 30.4 Å². The third-order valence-electron chi connectivity index (χ3n) is 2.49. The van der Waals surface area contributed by atoms with Gasteiger partial charge in [0.05, 0.1) is 13.2 Å². The van der Waals surface area contributed by atoms with Gasteiger partial charge >= 0.3 is 5.97 Å². The molecule has 0 amide bonds. The second-order valence-electron chi connectivity index (χ2n) is 3.84. The Balaban J connectivity index is 1.95. The first kappa shape index (κ1) is 11.7. The van der Waals surface area contributed by atoms with Gasteiger partial charge in [-0.05, 0) is 23.8 Å². The maximum atomic E-state index is 10.3.